The molecule has 11 heteroatoms. The highest BCUT2D eigenvalue weighted by Crippen LogP contribution is 2.33. The number of amides is 1. The maximum atomic E-state index is 12.0. The Bertz CT molecular complexity index is 1190. The standard InChI is InChI=1S/C23H19BrClN3O5S/c1-32-21-10-16(12-26-27-23(29)14-34-19-8-4-17(25)5-9-19)20(24)11-22(21)33-13-15-2-6-18(7-3-15)28(30)31/h2-12H,13-14H2,1H3,(H,27,29)/b26-12-. The van der Waals surface area contributed by atoms with E-state index in [1.807, 2.05) is 12.1 Å². The molecule has 0 radical (unpaired) electrons. The normalized spacial score (nSPS) is 10.8. The van der Waals surface area contributed by atoms with Crippen LogP contribution in [0.15, 0.2) is 75.1 Å². The number of nitrogens with zero attached hydrogens (tertiary/aromatic N) is 2. The van der Waals surface area contributed by atoms with Crippen LogP contribution in [0.4, 0.5) is 5.69 Å². The molecule has 1 amide bonds. The number of nitro benzene ring substituents is 1. The maximum Gasteiger partial charge on any atom is 0.269 e. The van der Waals surface area contributed by atoms with Gasteiger partial charge in [0.25, 0.3) is 5.69 Å². The van der Waals surface area contributed by atoms with Crippen LogP contribution in [0.5, 0.6) is 11.5 Å². The van der Waals surface area contributed by atoms with Gasteiger partial charge in [-0.15, -0.1) is 11.8 Å². The number of hydrogen-bond donors (Lipinski definition) is 1. The molecule has 0 saturated carbocycles. The minimum atomic E-state index is -0.452. The van der Waals surface area contributed by atoms with E-state index in [0.717, 1.165) is 10.5 Å². The van der Waals surface area contributed by atoms with E-state index in [1.165, 1.54) is 37.2 Å². The van der Waals surface area contributed by atoms with E-state index in [-0.39, 0.29) is 24.0 Å². The van der Waals surface area contributed by atoms with Crippen molar-refractivity contribution < 1.29 is 19.2 Å². The second-order valence-electron chi connectivity index (χ2n) is 6.77. The van der Waals surface area contributed by atoms with Gasteiger partial charge in [0, 0.05) is 32.1 Å². The predicted octanol–water partition coefficient (Wildman–Crippen LogP) is 5.84. The van der Waals surface area contributed by atoms with E-state index in [1.54, 1.807) is 36.4 Å². The zero-order valence-electron chi connectivity index (χ0n) is 17.9. The predicted molar refractivity (Wildman–Crippen MR) is 136 cm³/mol. The summed E-state index contributed by atoms with van der Waals surface area (Å²) in [5.74, 6) is 0.908. The van der Waals surface area contributed by atoms with Crippen molar-refractivity contribution in [2.24, 2.45) is 5.10 Å². The monoisotopic (exact) mass is 563 g/mol. The van der Waals surface area contributed by atoms with Gasteiger partial charge in [-0.25, -0.2) is 5.43 Å². The third kappa shape index (κ3) is 7.47. The summed E-state index contributed by atoms with van der Waals surface area (Å²) in [4.78, 5) is 23.3. The average Bonchev–Trinajstić information content (AvgIpc) is 2.83. The molecule has 176 valence electrons. The lowest BCUT2D eigenvalue weighted by Gasteiger charge is -2.12. The van der Waals surface area contributed by atoms with Gasteiger partial charge in [-0.2, -0.15) is 5.10 Å². The SMILES string of the molecule is COc1cc(/C=N\NC(=O)CSc2ccc(Cl)cc2)c(Br)cc1OCc1ccc([N+](=O)[O-])cc1. The lowest BCUT2D eigenvalue weighted by Crippen LogP contribution is -2.19. The van der Waals surface area contributed by atoms with Crippen molar-refractivity contribution in [2.45, 2.75) is 11.5 Å². The van der Waals surface area contributed by atoms with Gasteiger partial charge in [0.1, 0.15) is 6.61 Å². The van der Waals surface area contributed by atoms with Gasteiger partial charge in [0.15, 0.2) is 11.5 Å². The summed E-state index contributed by atoms with van der Waals surface area (Å²) < 4.78 is 11.9. The van der Waals surface area contributed by atoms with E-state index in [4.69, 9.17) is 21.1 Å². The van der Waals surface area contributed by atoms with Crippen LogP contribution < -0.4 is 14.9 Å². The molecule has 0 atom stereocenters. The quantitative estimate of drug-likeness (QED) is 0.144. The summed E-state index contributed by atoms with van der Waals surface area (Å²) in [5, 5.41) is 15.4. The van der Waals surface area contributed by atoms with Gasteiger partial charge >= 0.3 is 0 Å². The molecule has 0 spiro atoms. The molecule has 34 heavy (non-hydrogen) atoms. The fraction of sp³-hybridized carbons (Fsp3) is 0.130. The van der Waals surface area contributed by atoms with Gasteiger partial charge in [-0.1, -0.05) is 11.6 Å². The van der Waals surface area contributed by atoms with E-state index in [2.05, 4.69) is 26.5 Å². The number of nitro groups is 1. The Morgan fingerprint density at radius 2 is 1.88 bits per heavy atom. The minimum Gasteiger partial charge on any atom is -0.493 e. The van der Waals surface area contributed by atoms with E-state index in [9.17, 15) is 14.9 Å². The molecule has 0 heterocycles. The van der Waals surface area contributed by atoms with Gasteiger partial charge in [-0.3, -0.25) is 14.9 Å². The number of rotatable bonds is 10. The Morgan fingerprint density at radius 1 is 1.18 bits per heavy atom. The van der Waals surface area contributed by atoms with Gasteiger partial charge in [-0.05, 0) is 70.0 Å². The Hall–Kier alpha value is -3.08. The van der Waals surface area contributed by atoms with Crippen LogP contribution in [0, 0.1) is 10.1 Å². The Labute approximate surface area is 213 Å². The van der Waals surface area contributed by atoms with Crippen LogP contribution in [0.1, 0.15) is 11.1 Å². The smallest absolute Gasteiger partial charge is 0.269 e. The zero-order chi connectivity index (χ0) is 24.5. The van der Waals surface area contributed by atoms with Crippen molar-refractivity contribution in [3.8, 4) is 11.5 Å². The fourth-order valence-electron chi connectivity index (χ4n) is 2.68. The molecule has 0 fully saturated rings. The molecule has 8 nitrogen and oxygen atoms in total. The van der Waals surface area contributed by atoms with Crippen LogP contribution in [-0.4, -0.2) is 29.9 Å². The number of carbonyl (C=O) groups excluding carboxylic acids is 1. The van der Waals surface area contributed by atoms with Crippen LogP contribution in [0.25, 0.3) is 0 Å². The molecule has 0 bridgehead atoms. The van der Waals surface area contributed by atoms with E-state index < -0.39 is 4.92 Å². The van der Waals surface area contributed by atoms with Crippen LogP contribution in [0.2, 0.25) is 5.02 Å². The first-order valence-electron chi connectivity index (χ1n) is 9.79. The number of methoxy groups -OCH3 is 1. The molecule has 0 aliphatic heterocycles. The molecule has 0 aromatic heterocycles. The first-order valence-corrected chi connectivity index (χ1v) is 12.0. The molecule has 0 aliphatic rings. The zero-order valence-corrected chi connectivity index (χ0v) is 21.0. The summed E-state index contributed by atoms with van der Waals surface area (Å²) in [5.41, 5.74) is 3.95. The van der Waals surface area contributed by atoms with E-state index >= 15 is 0 Å². The lowest BCUT2D eigenvalue weighted by molar-refractivity contribution is -0.384. The molecule has 3 rings (SSSR count). The van der Waals surface area contributed by atoms with Crippen molar-refractivity contribution in [2.75, 3.05) is 12.9 Å². The number of thioether (sulfide) groups is 1. The van der Waals surface area contributed by atoms with Crippen molar-refractivity contribution in [1.82, 2.24) is 5.43 Å². The third-order valence-corrected chi connectivity index (χ3v) is 6.35. The molecule has 0 saturated heterocycles. The van der Waals surface area contributed by atoms with Gasteiger partial charge in [0.05, 0.1) is 24.0 Å². The molecule has 1 N–H and O–H groups in total. The van der Waals surface area contributed by atoms with Gasteiger partial charge < -0.3 is 9.47 Å². The molecule has 3 aromatic carbocycles. The maximum absolute atomic E-state index is 12.0. The van der Waals surface area contributed by atoms with Crippen LogP contribution in [0.3, 0.4) is 0 Å². The minimum absolute atomic E-state index is 0.0170. The molecule has 0 unspecified atom stereocenters. The highest BCUT2D eigenvalue weighted by Gasteiger charge is 2.11. The molecular formula is C23H19BrClN3O5S. The number of hydrazone groups is 1. The Balaban J connectivity index is 1.57. The van der Waals surface area contributed by atoms with Crippen molar-refractivity contribution >= 4 is 57.1 Å². The number of ether oxygens (including phenoxy) is 2. The highest BCUT2D eigenvalue weighted by atomic mass is 79.9. The summed E-state index contributed by atoms with van der Waals surface area (Å²) in [6.07, 6.45) is 1.50. The number of carbonyl (C=O) groups is 1. The number of benzene rings is 3. The van der Waals surface area contributed by atoms with Crippen LogP contribution in [-0.2, 0) is 11.4 Å². The molecule has 0 aliphatic carbocycles. The van der Waals surface area contributed by atoms with Gasteiger partial charge in [0.2, 0.25) is 5.91 Å². The fourth-order valence-corrected chi connectivity index (χ4v) is 3.92. The lowest BCUT2D eigenvalue weighted by atomic mass is 10.2. The Morgan fingerprint density at radius 3 is 2.53 bits per heavy atom. The number of nitrogens with one attached hydrogen (secondary N) is 1. The summed E-state index contributed by atoms with van der Waals surface area (Å²) in [6.45, 7) is 0.204. The highest BCUT2D eigenvalue weighted by molar-refractivity contribution is 9.10. The van der Waals surface area contributed by atoms with Crippen LogP contribution >= 0.6 is 39.3 Å². The third-order valence-electron chi connectivity index (χ3n) is 4.40. The van der Waals surface area contributed by atoms with Crippen molar-refractivity contribution in [3.05, 3.63) is 91.4 Å². The number of halogens is 2. The van der Waals surface area contributed by atoms with E-state index in [0.29, 0.717) is 26.6 Å². The molecular weight excluding hydrogens is 546 g/mol. The largest absolute Gasteiger partial charge is 0.493 e. The first-order chi connectivity index (χ1) is 16.4. The summed E-state index contributed by atoms with van der Waals surface area (Å²) in [6, 6.07) is 16.8. The van der Waals surface area contributed by atoms with Crippen molar-refractivity contribution in [3.63, 3.8) is 0 Å². The Kier molecular flexibility index (Phi) is 9.32. The topological polar surface area (TPSA) is 103 Å². The second-order valence-corrected chi connectivity index (χ2v) is 9.11. The number of hydrogen-bond acceptors (Lipinski definition) is 7. The number of non-ortho nitro benzene ring substituents is 1. The average molecular weight is 565 g/mol. The molecule has 3 aromatic rings. The second kappa shape index (κ2) is 12.4. The first kappa shape index (κ1) is 25.5. The van der Waals surface area contributed by atoms with Crippen molar-refractivity contribution in [1.29, 1.82) is 0 Å². The summed E-state index contributed by atoms with van der Waals surface area (Å²) >= 11 is 10.7. The summed E-state index contributed by atoms with van der Waals surface area (Å²) in [7, 11) is 1.51.